The first-order valence-electron chi connectivity index (χ1n) is 8.84. The first kappa shape index (κ1) is 21.3. The van der Waals surface area contributed by atoms with E-state index >= 15 is 0 Å². The molecule has 0 saturated heterocycles. The number of ether oxygens (including phenoxy) is 1. The standard InChI is InChI=1S/C21H14F4N2O2S2/c1-29-18-10-13(21(23,24)25)5-7-17(18)16-4-2-3-12-9-14(6-8-15(12)16)31(28)27-20-26-11-19(22)30-20/h2-11H,1H3,(H,26,27). The van der Waals surface area contributed by atoms with E-state index in [0.717, 1.165) is 40.4 Å². The Kier molecular flexibility index (Phi) is 5.67. The summed E-state index contributed by atoms with van der Waals surface area (Å²) in [6, 6.07) is 13.8. The van der Waals surface area contributed by atoms with Gasteiger partial charge in [0.05, 0.1) is 23.8 Å². The molecule has 0 fully saturated rings. The van der Waals surface area contributed by atoms with Gasteiger partial charge in [0, 0.05) is 5.56 Å². The Bertz CT molecular complexity index is 1290. The van der Waals surface area contributed by atoms with Gasteiger partial charge >= 0.3 is 6.18 Å². The van der Waals surface area contributed by atoms with Gasteiger partial charge in [-0.3, -0.25) is 4.72 Å². The Balaban J connectivity index is 1.73. The normalized spacial score (nSPS) is 12.7. The van der Waals surface area contributed by atoms with Gasteiger partial charge in [-0.2, -0.15) is 17.6 Å². The number of nitrogens with one attached hydrogen (secondary N) is 1. The molecule has 1 unspecified atom stereocenters. The molecule has 3 aromatic carbocycles. The predicted octanol–water partition coefficient (Wildman–Crippen LogP) is 6.26. The Morgan fingerprint density at radius 3 is 2.55 bits per heavy atom. The smallest absolute Gasteiger partial charge is 0.416 e. The highest BCUT2D eigenvalue weighted by Crippen LogP contribution is 2.39. The Hall–Kier alpha value is -2.98. The van der Waals surface area contributed by atoms with Crippen LogP contribution in [0.4, 0.5) is 22.7 Å². The van der Waals surface area contributed by atoms with E-state index in [4.69, 9.17) is 4.74 Å². The van der Waals surface area contributed by atoms with E-state index in [1.165, 1.54) is 13.2 Å². The summed E-state index contributed by atoms with van der Waals surface area (Å²) in [7, 11) is -0.348. The van der Waals surface area contributed by atoms with E-state index in [-0.39, 0.29) is 10.9 Å². The van der Waals surface area contributed by atoms with Crippen molar-refractivity contribution in [3.05, 3.63) is 71.5 Å². The predicted molar refractivity (Wildman–Crippen MR) is 113 cm³/mol. The second-order valence-electron chi connectivity index (χ2n) is 6.44. The van der Waals surface area contributed by atoms with Crippen LogP contribution in [0.15, 0.2) is 65.7 Å². The van der Waals surface area contributed by atoms with E-state index in [1.54, 1.807) is 36.4 Å². The lowest BCUT2D eigenvalue weighted by Gasteiger charge is -2.15. The van der Waals surface area contributed by atoms with E-state index in [9.17, 15) is 21.8 Å². The Morgan fingerprint density at radius 2 is 1.87 bits per heavy atom. The molecule has 31 heavy (non-hydrogen) atoms. The van der Waals surface area contributed by atoms with Crippen LogP contribution in [-0.4, -0.2) is 16.3 Å². The highest BCUT2D eigenvalue weighted by molar-refractivity contribution is 7.86. The largest absolute Gasteiger partial charge is 0.496 e. The summed E-state index contributed by atoms with van der Waals surface area (Å²) >= 11 is 0.745. The maximum atomic E-state index is 13.1. The average Bonchev–Trinajstić information content (AvgIpc) is 3.16. The second kappa shape index (κ2) is 8.27. The van der Waals surface area contributed by atoms with Crippen LogP contribution in [0.3, 0.4) is 0 Å². The van der Waals surface area contributed by atoms with Crippen LogP contribution in [0.5, 0.6) is 5.75 Å². The fourth-order valence-corrected chi connectivity index (χ4v) is 4.69. The monoisotopic (exact) mass is 466 g/mol. The van der Waals surface area contributed by atoms with Crippen molar-refractivity contribution < 1.29 is 26.5 Å². The van der Waals surface area contributed by atoms with Gasteiger partial charge in [-0.15, -0.1) is 0 Å². The first-order valence-corrected chi connectivity index (χ1v) is 10.8. The molecule has 0 spiro atoms. The highest BCUT2D eigenvalue weighted by Gasteiger charge is 2.31. The summed E-state index contributed by atoms with van der Waals surface area (Å²) in [5.41, 5.74) is 0.387. The van der Waals surface area contributed by atoms with E-state index < -0.39 is 27.9 Å². The van der Waals surface area contributed by atoms with Crippen LogP contribution >= 0.6 is 11.3 Å². The molecule has 0 saturated carbocycles. The molecule has 0 aliphatic carbocycles. The van der Waals surface area contributed by atoms with Crippen LogP contribution < -0.4 is 9.46 Å². The molecule has 4 nitrogen and oxygen atoms in total. The number of alkyl halides is 3. The van der Waals surface area contributed by atoms with Crippen LogP contribution in [0.25, 0.3) is 21.9 Å². The molecule has 0 aliphatic rings. The number of methoxy groups -OCH3 is 1. The van der Waals surface area contributed by atoms with E-state index in [0.29, 0.717) is 16.0 Å². The number of aromatic nitrogens is 1. The van der Waals surface area contributed by atoms with Crippen molar-refractivity contribution in [1.29, 1.82) is 0 Å². The van der Waals surface area contributed by atoms with Crippen molar-refractivity contribution >= 4 is 38.2 Å². The lowest BCUT2D eigenvalue weighted by atomic mass is 9.96. The van der Waals surface area contributed by atoms with E-state index in [1.807, 2.05) is 0 Å². The number of benzene rings is 3. The average molecular weight is 466 g/mol. The zero-order chi connectivity index (χ0) is 22.2. The van der Waals surface area contributed by atoms with Gasteiger partial charge in [-0.05, 0) is 40.6 Å². The molecule has 1 N–H and O–H groups in total. The molecular formula is C21H14F4N2O2S2. The van der Waals surface area contributed by atoms with Crippen molar-refractivity contribution in [2.45, 2.75) is 11.1 Å². The highest BCUT2D eigenvalue weighted by atomic mass is 32.2. The van der Waals surface area contributed by atoms with Gasteiger partial charge in [0.15, 0.2) is 21.2 Å². The molecule has 4 aromatic rings. The van der Waals surface area contributed by atoms with Gasteiger partial charge in [-0.1, -0.05) is 41.7 Å². The van der Waals surface area contributed by atoms with Gasteiger partial charge in [0.2, 0.25) is 0 Å². The molecule has 0 bridgehead atoms. The minimum atomic E-state index is -4.48. The molecule has 4 rings (SSSR count). The number of rotatable bonds is 5. The summed E-state index contributed by atoms with van der Waals surface area (Å²) in [5, 5.41) is 1.19. The Labute approximate surface area is 181 Å². The number of hydrogen-bond acceptors (Lipinski definition) is 4. The van der Waals surface area contributed by atoms with E-state index in [2.05, 4.69) is 9.71 Å². The topological polar surface area (TPSA) is 51.2 Å². The Morgan fingerprint density at radius 1 is 1.06 bits per heavy atom. The van der Waals surface area contributed by atoms with Crippen molar-refractivity contribution in [3.8, 4) is 16.9 Å². The third-order valence-electron chi connectivity index (χ3n) is 4.54. The summed E-state index contributed by atoms with van der Waals surface area (Å²) in [6.07, 6.45) is -3.44. The second-order valence-corrected chi connectivity index (χ2v) is 8.64. The molecule has 10 heteroatoms. The molecule has 160 valence electrons. The minimum absolute atomic E-state index is 0.0995. The zero-order valence-corrected chi connectivity index (χ0v) is 17.5. The van der Waals surface area contributed by atoms with Gasteiger partial charge in [0.1, 0.15) is 5.75 Å². The molecule has 1 aromatic heterocycles. The maximum absolute atomic E-state index is 13.1. The molecular weight excluding hydrogens is 452 g/mol. The molecule has 0 radical (unpaired) electrons. The lowest BCUT2D eigenvalue weighted by Crippen LogP contribution is -2.05. The molecule has 1 atom stereocenters. The summed E-state index contributed by atoms with van der Waals surface area (Å²) in [6.45, 7) is 0. The SMILES string of the molecule is COc1cc(C(F)(F)F)ccc1-c1cccc2cc(S(=O)Nc3ncc(F)s3)ccc12. The summed E-state index contributed by atoms with van der Waals surface area (Å²) in [4.78, 5) is 4.23. The molecule has 0 aliphatic heterocycles. The summed E-state index contributed by atoms with van der Waals surface area (Å²) in [5.74, 6) is 0.0995. The third kappa shape index (κ3) is 4.40. The number of anilines is 1. The van der Waals surface area contributed by atoms with Crippen molar-refractivity contribution in [2.24, 2.45) is 0 Å². The minimum Gasteiger partial charge on any atom is -0.496 e. The third-order valence-corrected chi connectivity index (χ3v) is 6.43. The number of hydrogen-bond donors (Lipinski definition) is 1. The molecule has 0 amide bonds. The van der Waals surface area contributed by atoms with Crippen LogP contribution in [0, 0.1) is 5.13 Å². The van der Waals surface area contributed by atoms with Crippen LogP contribution in [0.2, 0.25) is 0 Å². The number of halogens is 4. The quantitative estimate of drug-likeness (QED) is 0.353. The van der Waals surface area contributed by atoms with Crippen molar-refractivity contribution in [1.82, 2.24) is 4.98 Å². The van der Waals surface area contributed by atoms with Crippen LogP contribution in [0.1, 0.15) is 5.56 Å². The van der Waals surface area contributed by atoms with Crippen LogP contribution in [-0.2, 0) is 17.2 Å². The number of fused-ring (bicyclic) bond motifs is 1. The van der Waals surface area contributed by atoms with Gasteiger partial charge in [-0.25, -0.2) is 9.19 Å². The van der Waals surface area contributed by atoms with Crippen molar-refractivity contribution in [2.75, 3.05) is 11.8 Å². The zero-order valence-electron chi connectivity index (χ0n) is 15.9. The number of thiazole rings is 1. The number of nitrogens with zero attached hydrogens (tertiary/aromatic N) is 1. The fraction of sp³-hybridized carbons (Fsp3) is 0.0952. The van der Waals surface area contributed by atoms with Gasteiger partial charge in [0.25, 0.3) is 0 Å². The van der Waals surface area contributed by atoms with Crippen molar-refractivity contribution in [3.63, 3.8) is 0 Å². The molecule has 1 heterocycles. The van der Waals surface area contributed by atoms with Gasteiger partial charge < -0.3 is 4.74 Å². The summed E-state index contributed by atoms with van der Waals surface area (Å²) < 4.78 is 72.7. The maximum Gasteiger partial charge on any atom is 0.416 e. The first-order chi connectivity index (χ1) is 14.8. The lowest BCUT2D eigenvalue weighted by molar-refractivity contribution is -0.137. The fourth-order valence-electron chi connectivity index (χ4n) is 3.14.